The second-order valence-electron chi connectivity index (χ2n) is 7.55. The number of hydrogen-bond donors (Lipinski definition) is 1. The molecular weight excluding hydrogens is 316 g/mol. The molecule has 1 saturated heterocycles. The summed E-state index contributed by atoms with van der Waals surface area (Å²) in [6.07, 6.45) is 3.89. The predicted octanol–water partition coefficient (Wildman–Crippen LogP) is 2.94. The van der Waals surface area contributed by atoms with E-state index in [1.165, 1.54) is 0 Å². The van der Waals surface area contributed by atoms with Crippen molar-refractivity contribution in [1.29, 1.82) is 0 Å². The molecule has 1 aliphatic rings. The summed E-state index contributed by atoms with van der Waals surface area (Å²) in [4.78, 5) is 17.3. The average Bonchev–Trinajstić information content (AvgIpc) is 3.01. The van der Waals surface area contributed by atoms with Crippen LogP contribution in [0.3, 0.4) is 0 Å². The van der Waals surface area contributed by atoms with E-state index in [4.69, 9.17) is 4.74 Å². The molecule has 0 spiro atoms. The maximum absolute atomic E-state index is 12.7. The van der Waals surface area contributed by atoms with Gasteiger partial charge in [-0.25, -0.2) is 9.67 Å². The smallest absolute Gasteiger partial charge is 0.253 e. The molecule has 0 aliphatic carbocycles. The first-order valence-electron chi connectivity index (χ1n) is 9.11. The number of ether oxygens (including phenoxy) is 1. The van der Waals surface area contributed by atoms with Crippen molar-refractivity contribution in [3.05, 3.63) is 23.5 Å². The number of fused-ring (bicyclic) bond motifs is 1. The molecule has 3 rings (SSSR count). The van der Waals surface area contributed by atoms with Gasteiger partial charge in [-0.1, -0.05) is 13.8 Å². The fraction of sp³-hybridized carbons (Fsp3) is 0.632. The van der Waals surface area contributed by atoms with E-state index in [0.717, 1.165) is 49.3 Å². The van der Waals surface area contributed by atoms with Crippen LogP contribution in [0.2, 0.25) is 0 Å². The van der Waals surface area contributed by atoms with Gasteiger partial charge in [0.2, 0.25) is 0 Å². The zero-order valence-corrected chi connectivity index (χ0v) is 15.6. The summed E-state index contributed by atoms with van der Waals surface area (Å²) in [7, 11) is 0. The number of amides is 1. The summed E-state index contributed by atoms with van der Waals surface area (Å²) in [5.41, 5.74) is 2.26. The summed E-state index contributed by atoms with van der Waals surface area (Å²) in [6, 6.07) is 1.90. The van der Waals surface area contributed by atoms with Gasteiger partial charge < -0.3 is 10.1 Å². The van der Waals surface area contributed by atoms with Crippen molar-refractivity contribution in [2.24, 2.45) is 11.3 Å². The van der Waals surface area contributed by atoms with Crippen molar-refractivity contribution in [3.63, 3.8) is 0 Å². The number of nitrogens with zero attached hydrogens (tertiary/aromatic N) is 3. The van der Waals surface area contributed by atoms with Crippen LogP contribution in [-0.2, 0) is 11.3 Å². The van der Waals surface area contributed by atoms with E-state index in [0.29, 0.717) is 18.0 Å². The quantitative estimate of drug-likeness (QED) is 0.905. The SMILES string of the molecule is CCn1ncc2cc(C(=O)NCC(C)(C)C3CCOCC3)c(C)nc21. The highest BCUT2D eigenvalue weighted by Gasteiger charge is 2.31. The van der Waals surface area contributed by atoms with Crippen LogP contribution in [0.4, 0.5) is 0 Å². The maximum atomic E-state index is 12.7. The summed E-state index contributed by atoms with van der Waals surface area (Å²) < 4.78 is 7.30. The summed E-state index contributed by atoms with van der Waals surface area (Å²) in [5, 5.41) is 8.33. The van der Waals surface area contributed by atoms with Gasteiger partial charge in [-0.3, -0.25) is 4.79 Å². The van der Waals surface area contributed by atoms with E-state index in [1.807, 2.05) is 24.6 Å². The van der Waals surface area contributed by atoms with Crippen molar-refractivity contribution in [3.8, 4) is 0 Å². The number of hydrogen-bond acceptors (Lipinski definition) is 4. The number of rotatable bonds is 5. The molecule has 1 amide bonds. The highest BCUT2D eigenvalue weighted by Crippen LogP contribution is 2.33. The molecule has 3 heterocycles. The molecule has 2 aromatic heterocycles. The Kier molecular flexibility index (Phi) is 5.08. The first-order valence-corrected chi connectivity index (χ1v) is 9.11. The Hall–Kier alpha value is -1.95. The number of aryl methyl sites for hydroxylation is 2. The second kappa shape index (κ2) is 7.12. The average molecular weight is 344 g/mol. The Morgan fingerprint density at radius 3 is 2.80 bits per heavy atom. The van der Waals surface area contributed by atoms with Crippen molar-refractivity contribution in [2.45, 2.75) is 47.1 Å². The fourth-order valence-corrected chi connectivity index (χ4v) is 3.58. The van der Waals surface area contributed by atoms with Crippen molar-refractivity contribution in [1.82, 2.24) is 20.1 Å². The second-order valence-corrected chi connectivity index (χ2v) is 7.55. The minimum Gasteiger partial charge on any atom is -0.381 e. The van der Waals surface area contributed by atoms with Gasteiger partial charge in [0.25, 0.3) is 5.91 Å². The number of nitrogens with one attached hydrogen (secondary N) is 1. The molecule has 2 aromatic rings. The van der Waals surface area contributed by atoms with Crippen LogP contribution in [0.1, 0.15) is 49.7 Å². The molecule has 25 heavy (non-hydrogen) atoms. The zero-order valence-electron chi connectivity index (χ0n) is 15.6. The molecule has 1 fully saturated rings. The lowest BCUT2D eigenvalue weighted by atomic mass is 9.74. The highest BCUT2D eigenvalue weighted by atomic mass is 16.5. The zero-order chi connectivity index (χ0) is 18.0. The van der Waals surface area contributed by atoms with E-state index >= 15 is 0 Å². The normalized spacial score (nSPS) is 16.3. The third-order valence-electron chi connectivity index (χ3n) is 5.38. The van der Waals surface area contributed by atoms with Crippen LogP contribution in [-0.4, -0.2) is 40.4 Å². The molecule has 0 atom stereocenters. The third kappa shape index (κ3) is 3.68. The van der Waals surface area contributed by atoms with Gasteiger partial charge in [0, 0.05) is 31.7 Å². The van der Waals surface area contributed by atoms with E-state index < -0.39 is 0 Å². The Morgan fingerprint density at radius 1 is 1.40 bits per heavy atom. The largest absolute Gasteiger partial charge is 0.381 e. The lowest BCUT2D eigenvalue weighted by molar-refractivity contribution is 0.0228. The lowest BCUT2D eigenvalue weighted by Gasteiger charge is -2.37. The minimum absolute atomic E-state index is 0.0535. The monoisotopic (exact) mass is 344 g/mol. The van der Waals surface area contributed by atoms with Gasteiger partial charge in [-0.15, -0.1) is 0 Å². The van der Waals surface area contributed by atoms with Crippen molar-refractivity contribution >= 4 is 16.9 Å². The maximum Gasteiger partial charge on any atom is 0.253 e. The molecule has 136 valence electrons. The molecular formula is C19H28N4O2. The summed E-state index contributed by atoms with van der Waals surface area (Å²) in [5.74, 6) is 0.516. The van der Waals surface area contributed by atoms with Gasteiger partial charge >= 0.3 is 0 Å². The van der Waals surface area contributed by atoms with Crippen LogP contribution < -0.4 is 5.32 Å². The summed E-state index contributed by atoms with van der Waals surface area (Å²) >= 11 is 0. The molecule has 0 unspecified atom stereocenters. The van der Waals surface area contributed by atoms with Gasteiger partial charge in [0.1, 0.15) is 0 Å². The Labute approximate surface area is 149 Å². The van der Waals surface area contributed by atoms with Gasteiger partial charge in [-0.05, 0) is 44.1 Å². The van der Waals surface area contributed by atoms with Crippen LogP contribution >= 0.6 is 0 Å². The van der Waals surface area contributed by atoms with E-state index in [9.17, 15) is 4.79 Å². The van der Waals surface area contributed by atoms with Crippen molar-refractivity contribution < 1.29 is 9.53 Å². The van der Waals surface area contributed by atoms with Crippen molar-refractivity contribution in [2.75, 3.05) is 19.8 Å². The molecule has 6 nitrogen and oxygen atoms in total. The van der Waals surface area contributed by atoms with E-state index in [2.05, 4.69) is 29.2 Å². The Morgan fingerprint density at radius 2 is 2.12 bits per heavy atom. The van der Waals surface area contributed by atoms with Crippen LogP contribution in [0, 0.1) is 18.3 Å². The lowest BCUT2D eigenvalue weighted by Crippen LogP contribution is -2.40. The Balaban J connectivity index is 1.72. The number of aromatic nitrogens is 3. The van der Waals surface area contributed by atoms with Crippen LogP contribution in [0.5, 0.6) is 0 Å². The Bertz CT molecular complexity index is 760. The van der Waals surface area contributed by atoms with Gasteiger partial charge in [0.15, 0.2) is 5.65 Å². The van der Waals surface area contributed by atoms with E-state index in [1.54, 1.807) is 6.20 Å². The number of pyridine rings is 1. The fourth-order valence-electron chi connectivity index (χ4n) is 3.58. The molecule has 0 bridgehead atoms. The predicted molar refractivity (Wildman–Crippen MR) is 97.6 cm³/mol. The van der Waals surface area contributed by atoms with Gasteiger partial charge in [-0.2, -0.15) is 5.10 Å². The van der Waals surface area contributed by atoms with E-state index in [-0.39, 0.29) is 11.3 Å². The first kappa shape index (κ1) is 17.9. The topological polar surface area (TPSA) is 69.0 Å². The molecule has 0 saturated carbocycles. The molecule has 0 aromatic carbocycles. The van der Waals surface area contributed by atoms with Crippen LogP contribution in [0.25, 0.3) is 11.0 Å². The standard InChI is InChI=1S/C19H28N4O2/c1-5-23-17-14(11-21-23)10-16(13(2)22-17)18(24)20-12-19(3,4)15-6-8-25-9-7-15/h10-11,15H,5-9,12H2,1-4H3,(H,20,24). The number of carbonyl (C=O) groups is 1. The first-order chi connectivity index (χ1) is 11.9. The molecule has 6 heteroatoms. The summed E-state index contributed by atoms with van der Waals surface area (Å²) in [6.45, 7) is 11.4. The number of carbonyl (C=O) groups excluding carboxylic acids is 1. The van der Waals surface area contributed by atoms with Crippen LogP contribution in [0.15, 0.2) is 12.3 Å². The molecule has 1 N–H and O–H groups in total. The minimum atomic E-state index is -0.0590. The third-order valence-corrected chi connectivity index (χ3v) is 5.38. The molecule has 1 aliphatic heterocycles. The van der Waals surface area contributed by atoms with Gasteiger partial charge in [0.05, 0.1) is 17.5 Å². The highest BCUT2D eigenvalue weighted by molar-refractivity contribution is 5.98. The molecule has 0 radical (unpaired) electrons.